The number of hydrogen-bond acceptors (Lipinski definition) is 6. The van der Waals surface area contributed by atoms with Crippen LogP contribution >= 0.6 is 0 Å². The Hall–Kier alpha value is -3.18. The summed E-state index contributed by atoms with van der Waals surface area (Å²) >= 11 is 0. The van der Waals surface area contributed by atoms with Crippen molar-refractivity contribution in [1.29, 1.82) is 0 Å². The quantitative estimate of drug-likeness (QED) is 0.122. The van der Waals surface area contributed by atoms with Gasteiger partial charge >= 0.3 is 0 Å². The topological polar surface area (TPSA) is 217 Å². The summed E-state index contributed by atoms with van der Waals surface area (Å²) in [5, 5.41) is 2.36. The Morgan fingerprint density at radius 2 is 1.62 bits per heavy atom. The minimum absolute atomic E-state index is 0.103. The highest BCUT2D eigenvalue weighted by molar-refractivity contribution is 5.94. The van der Waals surface area contributed by atoms with Gasteiger partial charge in [0.1, 0.15) is 6.04 Å². The lowest BCUT2D eigenvalue weighted by atomic mass is 9.92. The molecule has 0 aliphatic heterocycles. The Bertz CT molecular complexity index is 661. The van der Waals surface area contributed by atoms with Gasteiger partial charge in [-0.3, -0.25) is 29.0 Å². The largest absolute Gasteiger partial charge is 0.370 e. The molecule has 29 heavy (non-hydrogen) atoms. The highest BCUT2D eigenvalue weighted by atomic mass is 16.2. The van der Waals surface area contributed by atoms with Gasteiger partial charge in [0.15, 0.2) is 11.7 Å². The van der Waals surface area contributed by atoms with Crippen LogP contribution in [0.5, 0.6) is 0 Å². The average molecular weight is 413 g/mol. The van der Waals surface area contributed by atoms with Gasteiger partial charge in [0.05, 0.1) is 12.5 Å². The third-order valence-corrected chi connectivity index (χ3v) is 4.43. The molecule has 0 aliphatic rings. The molecule has 164 valence electrons. The van der Waals surface area contributed by atoms with Crippen LogP contribution in [0, 0.1) is 5.92 Å². The molecule has 0 radical (unpaired) electrons. The van der Waals surface area contributed by atoms with Crippen molar-refractivity contribution in [2.45, 2.75) is 51.6 Å². The number of rotatable bonds is 13. The second kappa shape index (κ2) is 12.3. The average Bonchev–Trinajstić information content (AvgIpc) is 2.61. The van der Waals surface area contributed by atoms with Crippen LogP contribution in [0.4, 0.5) is 0 Å². The van der Waals surface area contributed by atoms with Gasteiger partial charge < -0.3 is 33.2 Å². The number of amides is 4. The minimum atomic E-state index is -1.28. The second-order valence-corrected chi connectivity index (χ2v) is 6.76. The lowest BCUT2D eigenvalue weighted by Crippen LogP contribution is -2.49. The number of nitrogens with zero attached hydrogens (tertiary/aromatic N) is 2. The summed E-state index contributed by atoms with van der Waals surface area (Å²) in [4.78, 5) is 64.3. The Balaban J connectivity index is 5.29. The molecule has 12 nitrogen and oxygen atoms in total. The normalized spacial score (nSPS) is 13.5. The summed E-state index contributed by atoms with van der Waals surface area (Å²) in [6.07, 6.45) is -0.0299. The minimum Gasteiger partial charge on any atom is -0.370 e. The van der Waals surface area contributed by atoms with E-state index in [9.17, 15) is 24.0 Å². The van der Waals surface area contributed by atoms with Crippen molar-refractivity contribution in [1.82, 2.24) is 10.2 Å². The number of hydrogen-bond donors (Lipinski definition) is 5. The van der Waals surface area contributed by atoms with Gasteiger partial charge in [0.25, 0.3) is 0 Å². The summed E-state index contributed by atoms with van der Waals surface area (Å²) in [5.41, 5.74) is 20.8. The molecule has 0 unspecified atom stereocenters. The number of primary amides is 2. The fraction of sp³-hybridized carbons (Fsp3) is 0.647. The van der Waals surface area contributed by atoms with Crippen LogP contribution in [0.2, 0.25) is 0 Å². The van der Waals surface area contributed by atoms with E-state index >= 15 is 0 Å². The molecular formula is C17H31N7O5. The molecule has 0 aromatic rings. The second-order valence-electron chi connectivity index (χ2n) is 6.76. The summed E-state index contributed by atoms with van der Waals surface area (Å²) < 4.78 is 0. The summed E-state index contributed by atoms with van der Waals surface area (Å²) in [6.45, 7) is 3.12. The fourth-order valence-corrected chi connectivity index (χ4v) is 2.49. The van der Waals surface area contributed by atoms with Crippen molar-refractivity contribution in [3.63, 3.8) is 0 Å². The van der Waals surface area contributed by atoms with Crippen LogP contribution in [0.25, 0.3) is 0 Å². The maximum atomic E-state index is 12.6. The van der Waals surface area contributed by atoms with E-state index < -0.39 is 42.1 Å². The van der Waals surface area contributed by atoms with E-state index in [0.717, 1.165) is 0 Å². The molecule has 0 rings (SSSR count). The zero-order valence-corrected chi connectivity index (χ0v) is 17.0. The molecule has 4 amide bonds. The molecule has 0 spiro atoms. The van der Waals surface area contributed by atoms with Crippen LogP contribution in [-0.2, 0) is 24.0 Å². The molecule has 0 fully saturated rings. The van der Waals surface area contributed by atoms with Gasteiger partial charge in [-0.2, -0.15) is 0 Å². The van der Waals surface area contributed by atoms with Gasteiger partial charge in [0.2, 0.25) is 23.6 Å². The van der Waals surface area contributed by atoms with Gasteiger partial charge in [-0.25, -0.2) is 0 Å². The van der Waals surface area contributed by atoms with Crippen molar-refractivity contribution in [3.05, 3.63) is 0 Å². The molecule has 0 saturated heterocycles. The Labute approximate surface area is 169 Å². The zero-order valence-electron chi connectivity index (χ0n) is 17.0. The molecule has 0 aromatic heterocycles. The fourth-order valence-electron chi connectivity index (χ4n) is 2.49. The van der Waals surface area contributed by atoms with Crippen molar-refractivity contribution in [2.24, 2.45) is 33.8 Å². The van der Waals surface area contributed by atoms with Crippen molar-refractivity contribution in [2.75, 3.05) is 13.6 Å². The number of aliphatic imine (C=N–C) groups is 1. The predicted molar refractivity (Wildman–Crippen MR) is 106 cm³/mol. The maximum absolute atomic E-state index is 12.6. The molecule has 0 heterocycles. The predicted octanol–water partition coefficient (Wildman–Crippen LogP) is -2.67. The monoisotopic (exact) mass is 413 g/mol. The molecule has 0 bridgehead atoms. The highest BCUT2D eigenvalue weighted by Gasteiger charge is 2.29. The van der Waals surface area contributed by atoms with Crippen molar-refractivity contribution >= 4 is 35.4 Å². The molecule has 0 aliphatic carbocycles. The Morgan fingerprint density at radius 3 is 2.07 bits per heavy atom. The van der Waals surface area contributed by atoms with E-state index in [-0.39, 0.29) is 37.0 Å². The van der Waals surface area contributed by atoms with E-state index in [1.165, 1.54) is 18.9 Å². The first-order chi connectivity index (χ1) is 13.4. The first-order valence-corrected chi connectivity index (χ1v) is 9.06. The van der Waals surface area contributed by atoms with E-state index in [0.29, 0.717) is 6.42 Å². The third-order valence-electron chi connectivity index (χ3n) is 4.43. The number of ketones is 1. The van der Waals surface area contributed by atoms with E-state index in [2.05, 4.69) is 10.3 Å². The van der Waals surface area contributed by atoms with Gasteiger partial charge in [-0.1, -0.05) is 0 Å². The maximum Gasteiger partial charge on any atom is 0.240 e. The summed E-state index contributed by atoms with van der Waals surface area (Å²) in [6, 6.07) is -2.02. The van der Waals surface area contributed by atoms with E-state index in [1.54, 1.807) is 6.92 Å². The van der Waals surface area contributed by atoms with Crippen LogP contribution in [-0.4, -0.2) is 65.9 Å². The molecular weight excluding hydrogens is 382 g/mol. The van der Waals surface area contributed by atoms with E-state index in [4.69, 9.17) is 22.9 Å². The van der Waals surface area contributed by atoms with Crippen LogP contribution in [0.15, 0.2) is 4.99 Å². The lowest BCUT2D eigenvalue weighted by Gasteiger charge is -2.25. The molecule has 9 N–H and O–H groups in total. The smallest absolute Gasteiger partial charge is 0.240 e. The zero-order chi connectivity index (χ0) is 22.7. The van der Waals surface area contributed by atoms with Gasteiger partial charge in [0, 0.05) is 32.9 Å². The number of Topliss-reactive ketones (excluding diaryl/α,β-unsaturated/α-hetero) is 1. The first kappa shape index (κ1) is 25.8. The lowest BCUT2D eigenvalue weighted by molar-refractivity contribution is -0.138. The number of carbonyl (C=O) groups excluding carboxylic acids is 5. The molecule has 12 heteroatoms. The standard InChI is InChI=1S/C17H31N7O5/c1-9(24(3)10(2)25)13(26)7-11(5-4-6-22-17(20)21)16(29)23-12(15(19)28)8-14(18)27/h9,11-12H,4-8H2,1-3H3,(H2,18,27)(H2,19,28)(H,23,29)(H4,20,21,22)/t9-,11+,12-/m0/s1. The van der Waals surface area contributed by atoms with Crippen molar-refractivity contribution < 1.29 is 24.0 Å². The first-order valence-electron chi connectivity index (χ1n) is 9.06. The highest BCUT2D eigenvalue weighted by Crippen LogP contribution is 2.16. The van der Waals surface area contributed by atoms with Crippen LogP contribution in [0.3, 0.4) is 0 Å². The number of nitrogens with one attached hydrogen (secondary N) is 1. The van der Waals surface area contributed by atoms with Crippen molar-refractivity contribution in [3.8, 4) is 0 Å². The van der Waals surface area contributed by atoms with Gasteiger partial charge in [-0.15, -0.1) is 0 Å². The molecule has 0 aromatic carbocycles. The van der Waals surface area contributed by atoms with Crippen LogP contribution < -0.4 is 28.3 Å². The van der Waals surface area contributed by atoms with E-state index in [1.807, 2.05) is 0 Å². The Kier molecular flexibility index (Phi) is 11.0. The molecule has 3 atom stereocenters. The summed E-state index contributed by atoms with van der Waals surface area (Å²) in [5.74, 6) is -3.95. The summed E-state index contributed by atoms with van der Waals surface area (Å²) in [7, 11) is 1.48. The number of likely N-dealkylation sites (N-methyl/N-ethyl adjacent to an activating group) is 1. The number of carbonyl (C=O) groups is 5. The third kappa shape index (κ3) is 10.1. The van der Waals surface area contributed by atoms with Gasteiger partial charge in [-0.05, 0) is 19.8 Å². The number of guanidine groups is 1. The number of nitrogens with two attached hydrogens (primary N) is 4. The van der Waals surface area contributed by atoms with Crippen LogP contribution in [0.1, 0.15) is 39.5 Å². The SMILES string of the molecule is CC(=O)N(C)[C@@H](C)C(=O)C[C@@H](CCCN=C(N)N)C(=O)N[C@@H](CC(N)=O)C(N)=O. The Morgan fingerprint density at radius 1 is 1.03 bits per heavy atom. The molecule has 0 saturated carbocycles.